The van der Waals surface area contributed by atoms with E-state index < -0.39 is 0 Å². The van der Waals surface area contributed by atoms with E-state index in [0.717, 1.165) is 5.39 Å². The number of Topliss-reactive ketones (excluding diaryl/α,β-unsaturated/α-hetero) is 2. The topological polar surface area (TPSA) is 72.0 Å². The number of halogens is 1. The van der Waals surface area contributed by atoms with Crippen LogP contribution in [0.25, 0.3) is 10.9 Å². The number of rotatable bonds is 5. The van der Waals surface area contributed by atoms with Gasteiger partial charge in [-0.15, -0.1) is 0 Å². The van der Waals surface area contributed by atoms with E-state index in [4.69, 9.17) is 16.3 Å². The van der Waals surface area contributed by atoms with Crippen molar-refractivity contribution < 1.29 is 14.3 Å². The monoisotopic (exact) mass is 356 g/mol. The van der Waals surface area contributed by atoms with E-state index in [1.165, 1.54) is 6.92 Å². The van der Waals surface area contributed by atoms with Crippen LogP contribution >= 0.6 is 11.6 Å². The van der Waals surface area contributed by atoms with E-state index >= 15 is 0 Å². The molecule has 0 spiro atoms. The summed E-state index contributed by atoms with van der Waals surface area (Å²) in [7, 11) is 0. The summed E-state index contributed by atoms with van der Waals surface area (Å²) in [6.07, 6.45) is 1.64. The lowest BCUT2D eigenvalue weighted by atomic mass is 10.1. The summed E-state index contributed by atoms with van der Waals surface area (Å²) in [6.45, 7) is 4.86. The predicted molar refractivity (Wildman–Crippen MR) is 96.8 cm³/mol. The van der Waals surface area contributed by atoms with Gasteiger partial charge < -0.3 is 9.72 Å². The molecule has 5 nitrogen and oxygen atoms in total. The Morgan fingerprint density at radius 1 is 1.24 bits per heavy atom. The fourth-order valence-electron chi connectivity index (χ4n) is 3.00. The second-order valence-corrected chi connectivity index (χ2v) is 6.25. The summed E-state index contributed by atoms with van der Waals surface area (Å²) in [5.41, 5.74) is 2.90. The van der Waals surface area contributed by atoms with Crippen LogP contribution < -0.4 is 4.74 Å². The first-order valence-electron chi connectivity index (χ1n) is 7.79. The lowest BCUT2D eigenvalue weighted by Gasteiger charge is -2.09. The molecular formula is C19H17ClN2O3. The van der Waals surface area contributed by atoms with Gasteiger partial charge in [0.2, 0.25) is 5.78 Å². The Balaban J connectivity index is 1.86. The first kappa shape index (κ1) is 17.2. The highest BCUT2D eigenvalue weighted by molar-refractivity contribution is 6.35. The number of aryl methyl sites for hydroxylation is 1. The van der Waals surface area contributed by atoms with E-state index in [2.05, 4.69) is 9.97 Å². The molecule has 6 heteroatoms. The van der Waals surface area contributed by atoms with E-state index in [1.807, 2.05) is 6.07 Å². The van der Waals surface area contributed by atoms with Gasteiger partial charge in [0.1, 0.15) is 11.3 Å². The lowest BCUT2D eigenvalue weighted by Crippen LogP contribution is -2.13. The summed E-state index contributed by atoms with van der Waals surface area (Å²) in [6, 6.07) is 7.04. The van der Waals surface area contributed by atoms with Crippen molar-refractivity contribution in [1.82, 2.24) is 9.97 Å². The molecule has 1 N–H and O–H groups in total. The van der Waals surface area contributed by atoms with Gasteiger partial charge in [-0.2, -0.15) is 0 Å². The van der Waals surface area contributed by atoms with Gasteiger partial charge in [0.25, 0.3) is 0 Å². The Morgan fingerprint density at radius 2 is 2.00 bits per heavy atom. The molecule has 0 aliphatic rings. The molecule has 0 atom stereocenters. The summed E-state index contributed by atoms with van der Waals surface area (Å²) in [5, 5.41) is 1.34. The molecule has 3 aromatic rings. The van der Waals surface area contributed by atoms with Crippen LogP contribution in [0.1, 0.15) is 39.0 Å². The second-order valence-electron chi connectivity index (χ2n) is 5.84. The van der Waals surface area contributed by atoms with Gasteiger partial charge in [0.15, 0.2) is 12.4 Å². The van der Waals surface area contributed by atoms with Crippen molar-refractivity contribution >= 4 is 34.1 Å². The number of ether oxygens (including phenoxy) is 1. The molecule has 2 heterocycles. The summed E-state index contributed by atoms with van der Waals surface area (Å²) < 4.78 is 5.68. The molecule has 25 heavy (non-hydrogen) atoms. The number of pyridine rings is 1. The predicted octanol–water partition coefficient (Wildman–Crippen LogP) is 4.30. The zero-order chi connectivity index (χ0) is 18.1. The minimum Gasteiger partial charge on any atom is -0.483 e. The molecule has 2 aromatic heterocycles. The first-order valence-corrected chi connectivity index (χ1v) is 8.17. The Kier molecular flexibility index (Phi) is 4.59. The molecule has 0 amide bonds. The smallest absolute Gasteiger partial charge is 0.216 e. The average Bonchev–Trinajstić information content (AvgIpc) is 2.89. The third-order valence-electron chi connectivity index (χ3n) is 4.11. The maximum atomic E-state index is 12.5. The largest absolute Gasteiger partial charge is 0.483 e. The van der Waals surface area contributed by atoms with Crippen molar-refractivity contribution in [3.05, 3.63) is 58.0 Å². The van der Waals surface area contributed by atoms with Crippen molar-refractivity contribution in [2.75, 3.05) is 6.61 Å². The lowest BCUT2D eigenvalue weighted by molar-refractivity contribution is 0.0917. The molecule has 1 aromatic carbocycles. The molecule has 0 aliphatic heterocycles. The Morgan fingerprint density at radius 3 is 2.68 bits per heavy atom. The highest BCUT2D eigenvalue weighted by atomic mass is 35.5. The number of hydrogen-bond acceptors (Lipinski definition) is 4. The van der Waals surface area contributed by atoms with Crippen molar-refractivity contribution in [2.24, 2.45) is 0 Å². The van der Waals surface area contributed by atoms with Gasteiger partial charge in [-0.3, -0.25) is 14.6 Å². The maximum Gasteiger partial charge on any atom is 0.216 e. The molecule has 0 unspecified atom stereocenters. The Bertz CT molecular complexity index is 992. The van der Waals surface area contributed by atoms with Crippen LogP contribution in [-0.2, 0) is 0 Å². The summed E-state index contributed by atoms with van der Waals surface area (Å²) >= 11 is 6.16. The van der Waals surface area contributed by atoms with E-state index in [9.17, 15) is 9.59 Å². The van der Waals surface area contributed by atoms with Crippen LogP contribution in [0, 0.1) is 13.8 Å². The van der Waals surface area contributed by atoms with Crippen LogP contribution in [0.4, 0.5) is 0 Å². The molecular weight excluding hydrogens is 340 g/mol. The number of aromatic amines is 1. The maximum absolute atomic E-state index is 12.5. The zero-order valence-corrected chi connectivity index (χ0v) is 14.9. The van der Waals surface area contributed by atoms with Gasteiger partial charge >= 0.3 is 0 Å². The number of carbonyl (C=O) groups excluding carboxylic acids is 2. The van der Waals surface area contributed by atoms with E-state index in [0.29, 0.717) is 38.8 Å². The number of carbonyl (C=O) groups is 2. The van der Waals surface area contributed by atoms with Gasteiger partial charge in [-0.25, -0.2) is 0 Å². The quantitative estimate of drug-likeness (QED) is 0.692. The van der Waals surface area contributed by atoms with Gasteiger partial charge in [-0.1, -0.05) is 11.6 Å². The molecule has 3 rings (SSSR count). The third kappa shape index (κ3) is 3.15. The van der Waals surface area contributed by atoms with Crippen molar-refractivity contribution in [1.29, 1.82) is 0 Å². The highest BCUT2D eigenvalue weighted by Crippen LogP contribution is 2.29. The number of H-pyrrole nitrogens is 1. The number of hydrogen-bond donors (Lipinski definition) is 1. The molecule has 0 bridgehead atoms. The van der Waals surface area contributed by atoms with Gasteiger partial charge in [0.05, 0.1) is 10.7 Å². The van der Waals surface area contributed by atoms with Crippen LogP contribution in [0.5, 0.6) is 5.75 Å². The van der Waals surface area contributed by atoms with Crippen LogP contribution in [0.3, 0.4) is 0 Å². The minimum atomic E-state index is -0.230. The van der Waals surface area contributed by atoms with Crippen molar-refractivity contribution in [2.45, 2.75) is 20.8 Å². The minimum absolute atomic E-state index is 0.0703. The fraction of sp³-hybridized carbons (Fsp3) is 0.211. The third-order valence-corrected chi connectivity index (χ3v) is 4.44. The molecule has 0 fully saturated rings. The van der Waals surface area contributed by atoms with Crippen LogP contribution in [0.15, 0.2) is 30.5 Å². The standard InChI is InChI=1S/C19H17ClN2O3/c1-10-17(12(3)23)11(2)22-18(10)15(24)9-25-16-7-6-14(20)13-5-4-8-21-19(13)16/h4-8,22H,9H2,1-3H3. The SMILES string of the molecule is CC(=O)c1c(C)[nH]c(C(=O)COc2ccc(Cl)c3cccnc23)c1C. The highest BCUT2D eigenvalue weighted by Gasteiger charge is 2.20. The summed E-state index contributed by atoms with van der Waals surface area (Å²) in [5.74, 6) is 0.187. The van der Waals surface area contributed by atoms with E-state index in [1.54, 1.807) is 38.2 Å². The van der Waals surface area contributed by atoms with E-state index in [-0.39, 0.29) is 18.2 Å². The normalized spacial score (nSPS) is 10.9. The number of benzene rings is 1. The molecule has 0 saturated heterocycles. The van der Waals surface area contributed by atoms with Gasteiger partial charge in [0, 0.05) is 22.8 Å². The number of nitrogens with zero attached hydrogens (tertiary/aromatic N) is 1. The van der Waals surface area contributed by atoms with Crippen molar-refractivity contribution in [3.8, 4) is 5.75 Å². The Labute approximate surface area is 150 Å². The molecule has 0 aliphatic carbocycles. The summed E-state index contributed by atoms with van der Waals surface area (Å²) in [4.78, 5) is 31.5. The molecule has 0 saturated carbocycles. The van der Waals surface area contributed by atoms with Crippen LogP contribution in [0.2, 0.25) is 5.02 Å². The fourth-order valence-corrected chi connectivity index (χ4v) is 3.22. The number of aromatic nitrogens is 2. The zero-order valence-electron chi connectivity index (χ0n) is 14.1. The number of ketones is 2. The second kappa shape index (κ2) is 6.69. The Hall–Kier alpha value is -2.66. The molecule has 128 valence electrons. The van der Waals surface area contributed by atoms with Gasteiger partial charge in [-0.05, 0) is 50.6 Å². The van der Waals surface area contributed by atoms with Crippen LogP contribution in [-0.4, -0.2) is 28.1 Å². The first-order chi connectivity index (χ1) is 11.9. The number of fused-ring (bicyclic) bond motifs is 1. The number of nitrogens with one attached hydrogen (secondary N) is 1. The molecule has 0 radical (unpaired) electrons. The average molecular weight is 357 g/mol. The van der Waals surface area contributed by atoms with Crippen molar-refractivity contribution in [3.63, 3.8) is 0 Å².